The first-order chi connectivity index (χ1) is 14.3. The number of benzene rings is 2. The number of methoxy groups -OCH3 is 1. The lowest BCUT2D eigenvalue weighted by Crippen LogP contribution is -2.31. The SMILES string of the molecule is C=CCNC(=S)NN=Cc1ccc(OC)c(COc2cc(C)c(Cl)cc2C(C)C)c1. The number of hydrogen-bond acceptors (Lipinski definition) is 4. The Morgan fingerprint density at radius 1 is 1.27 bits per heavy atom. The van der Waals surface area contributed by atoms with Crippen LogP contribution in [0.5, 0.6) is 11.5 Å². The van der Waals surface area contributed by atoms with Crippen molar-refractivity contribution in [3.05, 3.63) is 70.3 Å². The van der Waals surface area contributed by atoms with Crippen LogP contribution in [-0.2, 0) is 6.61 Å². The zero-order chi connectivity index (χ0) is 22.1. The van der Waals surface area contributed by atoms with Gasteiger partial charge in [0.1, 0.15) is 18.1 Å². The van der Waals surface area contributed by atoms with Gasteiger partial charge in [0, 0.05) is 17.1 Å². The van der Waals surface area contributed by atoms with E-state index >= 15 is 0 Å². The maximum atomic E-state index is 6.30. The molecule has 0 aliphatic carbocycles. The monoisotopic (exact) mass is 445 g/mol. The maximum Gasteiger partial charge on any atom is 0.187 e. The molecule has 30 heavy (non-hydrogen) atoms. The van der Waals surface area contributed by atoms with E-state index in [1.54, 1.807) is 19.4 Å². The number of ether oxygens (including phenoxy) is 2. The van der Waals surface area contributed by atoms with Crippen LogP contribution in [0, 0.1) is 6.92 Å². The van der Waals surface area contributed by atoms with Crippen LogP contribution >= 0.6 is 23.8 Å². The van der Waals surface area contributed by atoms with Crippen LogP contribution < -0.4 is 20.2 Å². The van der Waals surface area contributed by atoms with E-state index in [0.29, 0.717) is 24.2 Å². The van der Waals surface area contributed by atoms with Crippen molar-refractivity contribution in [2.24, 2.45) is 5.10 Å². The Labute approximate surface area is 189 Å². The van der Waals surface area contributed by atoms with Gasteiger partial charge in [-0.1, -0.05) is 31.5 Å². The molecule has 0 aliphatic heterocycles. The summed E-state index contributed by atoms with van der Waals surface area (Å²) < 4.78 is 11.7. The molecule has 7 heteroatoms. The lowest BCUT2D eigenvalue weighted by Gasteiger charge is -2.17. The standard InChI is InChI=1S/C23H28ClN3O2S/c1-6-9-25-23(30)27-26-13-17-7-8-21(28-5)18(11-17)14-29-22-10-16(4)20(24)12-19(22)15(2)3/h6-8,10-13,15H,1,9,14H2,2-5H3,(H2,25,27,30). The van der Waals surface area contributed by atoms with E-state index in [9.17, 15) is 0 Å². The summed E-state index contributed by atoms with van der Waals surface area (Å²) in [5.74, 6) is 1.87. The van der Waals surface area contributed by atoms with Crippen LogP contribution in [-0.4, -0.2) is 25.0 Å². The first-order valence-electron chi connectivity index (χ1n) is 9.63. The summed E-state index contributed by atoms with van der Waals surface area (Å²) in [6.07, 6.45) is 3.41. The summed E-state index contributed by atoms with van der Waals surface area (Å²) in [5, 5.41) is 8.29. The molecule has 2 rings (SSSR count). The van der Waals surface area contributed by atoms with E-state index < -0.39 is 0 Å². The van der Waals surface area contributed by atoms with E-state index in [2.05, 4.69) is 36.3 Å². The highest BCUT2D eigenvalue weighted by molar-refractivity contribution is 7.80. The van der Waals surface area contributed by atoms with Crippen molar-refractivity contribution in [3.63, 3.8) is 0 Å². The van der Waals surface area contributed by atoms with Gasteiger partial charge >= 0.3 is 0 Å². The van der Waals surface area contributed by atoms with E-state index in [1.165, 1.54) is 0 Å². The summed E-state index contributed by atoms with van der Waals surface area (Å²) in [4.78, 5) is 0. The van der Waals surface area contributed by atoms with Crippen molar-refractivity contribution in [1.29, 1.82) is 0 Å². The number of aryl methyl sites for hydroxylation is 1. The van der Waals surface area contributed by atoms with Gasteiger partial charge < -0.3 is 14.8 Å². The molecular formula is C23H28ClN3O2S. The van der Waals surface area contributed by atoms with Crippen LogP contribution in [0.15, 0.2) is 48.1 Å². The summed E-state index contributed by atoms with van der Waals surface area (Å²) in [6.45, 7) is 10.8. The number of hydrazone groups is 1. The molecular weight excluding hydrogens is 418 g/mol. The molecule has 2 aromatic rings. The molecule has 0 aliphatic rings. The molecule has 0 heterocycles. The van der Waals surface area contributed by atoms with Crippen molar-refractivity contribution in [3.8, 4) is 11.5 Å². The summed E-state index contributed by atoms with van der Waals surface area (Å²) >= 11 is 11.4. The average molecular weight is 446 g/mol. The van der Waals surface area contributed by atoms with Gasteiger partial charge in [-0.15, -0.1) is 6.58 Å². The molecule has 0 saturated heterocycles. The number of hydrogen-bond donors (Lipinski definition) is 2. The van der Waals surface area contributed by atoms with Crippen molar-refractivity contribution >= 4 is 35.1 Å². The lowest BCUT2D eigenvalue weighted by atomic mass is 10.0. The Morgan fingerprint density at radius 3 is 2.70 bits per heavy atom. The van der Waals surface area contributed by atoms with E-state index in [1.807, 2.05) is 37.3 Å². The molecule has 0 radical (unpaired) electrons. The Hall–Kier alpha value is -2.57. The molecule has 0 aromatic heterocycles. The molecule has 0 amide bonds. The van der Waals surface area contributed by atoms with E-state index in [-0.39, 0.29) is 0 Å². The van der Waals surface area contributed by atoms with Gasteiger partial charge in [0.05, 0.1) is 13.3 Å². The zero-order valence-corrected chi connectivity index (χ0v) is 19.4. The average Bonchev–Trinajstić information content (AvgIpc) is 2.72. The Balaban J connectivity index is 2.16. The number of nitrogens with one attached hydrogen (secondary N) is 2. The molecule has 2 N–H and O–H groups in total. The van der Waals surface area contributed by atoms with Crippen molar-refractivity contribution in [2.45, 2.75) is 33.3 Å². The normalized spacial score (nSPS) is 10.9. The highest BCUT2D eigenvalue weighted by Gasteiger charge is 2.13. The molecule has 2 aromatic carbocycles. The van der Waals surface area contributed by atoms with Crippen LogP contribution in [0.1, 0.15) is 42.0 Å². The third kappa shape index (κ3) is 6.75. The molecule has 160 valence electrons. The highest BCUT2D eigenvalue weighted by atomic mass is 35.5. The fourth-order valence-electron chi connectivity index (χ4n) is 2.76. The van der Waals surface area contributed by atoms with Gasteiger partial charge in [-0.05, 0) is 72.1 Å². The Kier molecular flexibility index (Phi) is 9.15. The van der Waals surface area contributed by atoms with Gasteiger partial charge in [-0.2, -0.15) is 5.10 Å². The summed E-state index contributed by atoms with van der Waals surface area (Å²) in [6, 6.07) is 9.75. The first-order valence-corrected chi connectivity index (χ1v) is 10.4. The van der Waals surface area contributed by atoms with Gasteiger partial charge in [0.2, 0.25) is 0 Å². The van der Waals surface area contributed by atoms with Gasteiger partial charge in [0.25, 0.3) is 0 Å². The summed E-state index contributed by atoms with van der Waals surface area (Å²) in [5.41, 5.74) is 6.64. The largest absolute Gasteiger partial charge is 0.496 e. The molecule has 5 nitrogen and oxygen atoms in total. The van der Waals surface area contributed by atoms with Gasteiger partial charge in [-0.25, -0.2) is 0 Å². The fraction of sp³-hybridized carbons (Fsp3) is 0.304. The Bertz CT molecular complexity index is 929. The lowest BCUT2D eigenvalue weighted by molar-refractivity contribution is 0.292. The predicted molar refractivity (Wildman–Crippen MR) is 129 cm³/mol. The second-order valence-corrected chi connectivity index (χ2v) is 7.84. The fourth-order valence-corrected chi connectivity index (χ4v) is 3.07. The number of nitrogens with zero attached hydrogens (tertiary/aromatic N) is 1. The molecule has 0 bridgehead atoms. The number of halogens is 1. The molecule has 0 unspecified atom stereocenters. The Morgan fingerprint density at radius 2 is 2.03 bits per heavy atom. The smallest absolute Gasteiger partial charge is 0.187 e. The third-order valence-electron chi connectivity index (χ3n) is 4.39. The first kappa shape index (κ1) is 23.7. The quantitative estimate of drug-likeness (QED) is 0.236. The molecule has 0 fully saturated rings. The second kappa shape index (κ2) is 11.6. The number of thiocarbonyl (C=S) groups is 1. The molecule has 0 saturated carbocycles. The van der Waals surface area contributed by atoms with Gasteiger partial charge in [-0.3, -0.25) is 5.43 Å². The minimum Gasteiger partial charge on any atom is -0.496 e. The van der Waals surface area contributed by atoms with Crippen molar-refractivity contribution in [1.82, 2.24) is 10.7 Å². The van der Waals surface area contributed by atoms with Crippen LogP contribution in [0.3, 0.4) is 0 Å². The third-order valence-corrected chi connectivity index (χ3v) is 5.03. The predicted octanol–water partition coefficient (Wildman–Crippen LogP) is 5.34. The topological polar surface area (TPSA) is 54.9 Å². The van der Waals surface area contributed by atoms with Crippen LogP contribution in [0.2, 0.25) is 5.02 Å². The minimum absolute atomic E-state index is 0.295. The second-order valence-electron chi connectivity index (χ2n) is 7.02. The van der Waals surface area contributed by atoms with Crippen molar-refractivity contribution < 1.29 is 9.47 Å². The molecule has 0 spiro atoms. The molecule has 0 atom stereocenters. The van der Waals surface area contributed by atoms with E-state index in [0.717, 1.165) is 38.8 Å². The minimum atomic E-state index is 0.295. The van der Waals surface area contributed by atoms with E-state index in [4.69, 9.17) is 33.3 Å². The zero-order valence-electron chi connectivity index (χ0n) is 17.8. The number of rotatable bonds is 9. The highest BCUT2D eigenvalue weighted by Crippen LogP contribution is 2.33. The van der Waals surface area contributed by atoms with Crippen molar-refractivity contribution in [2.75, 3.05) is 13.7 Å². The van der Waals surface area contributed by atoms with Crippen LogP contribution in [0.4, 0.5) is 0 Å². The summed E-state index contributed by atoms with van der Waals surface area (Å²) in [7, 11) is 1.64. The van der Waals surface area contributed by atoms with Gasteiger partial charge in [0.15, 0.2) is 5.11 Å². The van der Waals surface area contributed by atoms with Crippen LogP contribution in [0.25, 0.3) is 0 Å². The maximum absolute atomic E-state index is 6.30.